The Balaban J connectivity index is 1.12. The third-order valence-corrected chi connectivity index (χ3v) is 12.7. The normalized spacial score (nSPS) is 10.8. The van der Waals surface area contributed by atoms with Crippen molar-refractivity contribution in [3.8, 4) is 30.0 Å². The lowest BCUT2D eigenvalue weighted by molar-refractivity contribution is 1.17. The molecule has 1 heterocycles. The summed E-state index contributed by atoms with van der Waals surface area (Å²) in [7, 11) is 0. The molecule has 0 N–H and O–H groups in total. The Hall–Kier alpha value is -10.4. The van der Waals surface area contributed by atoms with Crippen molar-refractivity contribution in [3.63, 3.8) is 0 Å². The second kappa shape index (κ2) is 18.1. The van der Waals surface area contributed by atoms with Crippen molar-refractivity contribution in [2.45, 2.75) is 0 Å². The highest BCUT2D eigenvalue weighted by Crippen LogP contribution is 2.44. The molecule has 0 aliphatic rings. The second-order valence-electron chi connectivity index (χ2n) is 16.7. The van der Waals surface area contributed by atoms with E-state index in [1.165, 1.54) is 0 Å². The minimum absolute atomic E-state index is 0.554. The van der Waals surface area contributed by atoms with Crippen LogP contribution in [0.2, 0.25) is 0 Å². The van der Waals surface area contributed by atoms with Gasteiger partial charge in [-0.15, -0.1) is 0 Å². The molecule has 0 aliphatic carbocycles. The van der Waals surface area contributed by atoms with E-state index in [-0.39, 0.29) is 0 Å². The van der Waals surface area contributed by atoms with Gasteiger partial charge < -0.3 is 19.3 Å². The van der Waals surface area contributed by atoms with Crippen LogP contribution >= 0.6 is 0 Å². The molecular weight excluding hydrogens is 857 g/mol. The van der Waals surface area contributed by atoms with Gasteiger partial charge in [0, 0.05) is 67.3 Å². The highest BCUT2D eigenvalue weighted by molar-refractivity contribution is 6.12. The van der Waals surface area contributed by atoms with Crippen LogP contribution in [0.4, 0.5) is 51.2 Å². The molecule has 8 heteroatoms. The number of nitriles is 4. The molecule has 8 nitrogen and oxygen atoms in total. The third-order valence-electron chi connectivity index (χ3n) is 12.7. The first-order valence-corrected chi connectivity index (χ1v) is 22.6. The quantitative estimate of drug-likeness (QED) is 0.134. The topological polar surface area (TPSA) is 110 Å². The van der Waals surface area contributed by atoms with E-state index in [2.05, 4.69) is 171 Å². The SMILES string of the molecule is N#Cc1ccc(N(c2ccc(C#N)cc2)c2ccc3c(c2)c2cc(N(c4ccc(C#N)cc4)c4ccc(C#N)cc4)ccc2n3-c2ccc(N(c3ccccc3)c3cccc4ccccc34)cc2)cc1. The summed E-state index contributed by atoms with van der Waals surface area (Å²) >= 11 is 0. The molecule has 0 amide bonds. The monoisotopic (exact) mass is 894 g/mol. The fraction of sp³-hybridized carbons (Fsp3) is 0. The summed E-state index contributed by atoms with van der Waals surface area (Å²) in [5, 5.41) is 43.0. The van der Waals surface area contributed by atoms with E-state index >= 15 is 0 Å². The van der Waals surface area contributed by atoms with Crippen LogP contribution in [0.5, 0.6) is 0 Å². The van der Waals surface area contributed by atoms with Gasteiger partial charge in [-0.05, 0) is 181 Å². The van der Waals surface area contributed by atoms with Crippen LogP contribution < -0.4 is 14.7 Å². The summed E-state index contributed by atoms with van der Waals surface area (Å²) in [6, 6.07) is 85.9. The van der Waals surface area contributed by atoms with E-state index in [9.17, 15) is 21.0 Å². The van der Waals surface area contributed by atoms with E-state index < -0.39 is 0 Å². The Morgan fingerprint density at radius 2 is 0.643 bits per heavy atom. The van der Waals surface area contributed by atoms with Gasteiger partial charge in [-0.25, -0.2) is 0 Å². The molecule has 70 heavy (non-hydrogen) atoms. The van der Waals surface area contributed by atoms with Crippen LogP contribution in [0.3, 0.4) is 0 Å². The van der Waals surface area contributed by atoms with E-state index in [0.717, 1.165) is 89.5 Å². The number of benzene rings is 10. The first kappa shape index (κ1) is 42.3. The van der Waals surface area contributed by atoms with Gasteiger partial charge in [0.25, 0.3) is 0 Å². The van der Waals surface area contributed by atoms with Crippen LogP contribution in [-0.2, 0) is 0 Å². The molecule has 326 valence electrons. The number of hydrogen-bond acceptors (Lipinski definition) is 7. The Kier molecular flexibility index (Phi) is 10.9. The van der Waals surface area contributed by atoms with Gasteiger partial charge in [-0.1, -0.05) is 54.6 Å². The van der Waals surface area contributed by atoms with Crippen molar-refractivity contribution >= 4 is 83.8 Å². The largest absolute Gasteiger partial charge is 0.310 e. The molecule has 0 aliphatic heterocycles. The van der Waals surface area contributed by atoms with Crippen LogP contribution in [-0.4, -0.2) is 4.57 Å². The summed E-state index contributed by atoms with van der Waals surface area (Å²) in [6.45, 7) is 0. The van der Waals surface area contributed by atoms with E-state index in [1.807, 2.05) is 103 Å². The average molecular weight is 895 g/mol. The maximum Gasteiger partial charge on any atom is 0.0991 e. The molecule has 11 rings (SSSR count). The van der Waals surface area contributed by atoms with Gasteiger partial charge in [0.05, 0.1) is 63.3 Å². The number of anilines is 9. The molecule has 0 atom stereocenters. The summed E-state index contributed by atoms with van der Waals surface area (Å²) < 4.78 is 2.30. The molecule has 1 aromatic heterocycles. The predicted octanol–water partition coefficient (Wildman–Crippen LogP) is 15.8. The van der Waals surface area contributed by atoms with Gasteiger partial charge >= 0.3 is 0 Å². The Bertz CT molecular complexity index is 3610. The number of nitrogens with zero attached hydrogens (tertiary/aromatic N) is 8. The van der Waals surface area contributed by atoms with Crippen LogP contribution in [0.25, 0.3) is 38.3 Å². The van der Waals surface area contributed by atoms with Gasteiger partial charge in [-0.3, -0.25) is 0 Å². The lowest BCUT2D eigenvalue weighted by Crippen LogP contribution is -2.10. The number of para-hydroxylation sites is 1. The smallest absolute Gasteiger partial charge is 0.0991 e. The summed E-state index contributed by atoms with van der Waals surface area (Å²) in [6.07, 6.45) is 0. The molecule has 11 aromatic rings. The fourth-order valence-electron chi connectivity index (χ4n) is 9.35. The van der Waals surface area contributed by atoms with Crippen molar-refractivity contribution in [1.82, 2.24) is 4.57 Å². The minimum Gasteiger partial charge on any atom is -0.310 e. The highest BCUT2D eigenvalue weighted by atomic mass is 15.2. The highest BCUT2D eigenvalue weighted by Gasteiger charge is 2.22. The predicted molar refractivity (Wildman–Crippen MR) is 281 cm³/mol. The van der Waals surface area contributed by atoms with E-state index in [1.54, 1.807) is 0 Å². The molecule has 0 radical (unpaired) electrons. The molecule has 10 aromatic carbocycles. The molecule has 0 saturated heterocycles. The van der Waals surface area contributed by atoms with E-state index in [4.69, 9.17) is 0 Å². The zero-order valence-electron chi connectivity index (χ0n) is 37.5. The van der Waals surface area contributed by atoms with Gasteiger partial charge in [-0.2, -0.15) is 21.0 Å². The maximum atomic E-state index is 9.68. The second-order valence-corrected chi connectivity index (χ2v) is 16.7. The fourth-order valence-corrected chi connectivity index (χ4v) is 9.35. The zero-order chi connectivity index (χ0) is 47.6. The molecule has 0 fully saturated rings. The molecular formula is C62H38N8. The summed E-state index contributed by atoms with van der Waals surface area (Å²) in [4.78, 5) is 6.57. The Labute approximate surface area is 405 Å². The molecule has 0 bridgehead atoms. The number of fused-ring (bicyclic) bond motifs is 4. The van der Waals surface area contributed by atoms with Crippen LogP contribution in [0, 0.1) is 45.3 Å². The lowest BCUT2D eigenvalue weighted by atomic mass is 10.1. The van der Waals surface area contributed by atoms with Gasteiger partial charge in [0.15, 0.2) is 0 Å². The molecule has 0 unspecified atom stereocenters. The number of rotatable bonds is 10. The first-order chi connectivity index (χ1) is 34.5. The Morgan fingerprint density at radius 3 is 1.09 bits per heavy atom. The summed E-state index contributed by atoms with van der Waals surface area (Å²) in [5.41, 5.74) is 13.5. The van der Waals surface area contributed by atoms with Crippen molar-refractivity contribution in [2.75, 3.05) is 14.7 Å². The first-order valence-electron chi connectivity index (χ1n) is 22.6. The van der Waals surface area contributed by atoms with Crippen molar-refractivity contribution in [1.29, 1.82) is 21.0 Å². The Morgan fingerprint density at radius 1 is 0.286 bits per heavy atom. The van der Waals surface area contributed by atoms with Gasteiger partial charge in [0.2, 0.25) is 0 Å². The third kappa shape index (κ3) is 7.73. The molecule has 0 saturated carbocycles. The standard InChI is InChI=1S/C62H38N8/c63-39-43-13-21-49(22-14-43)67(50-23-15-44(40-64)16-24-50)55-33-35-61-58(37-55)59-38-56(68(51-25-17-45(41-65)18-26-51)52-27-19-46(42-66)20-28-52)34-36-62(59)70(61)54-31-29-53(30-32-54)69(48-9-2-1-3-10-48)60-12-6-8-47-7-4-5-11-57(47)60/h1-38H. The van der Waals surface area contributed by atoms with Crippen molar-refractivity contribution in [3.05, 3.63) is 253 Å². The zero-order valence-corrected chi connectivity index (χ0v) is 37.5. The lowest BCUT2D eigenvalue weighted by Gasteiger charge is -2.27. The van der Waals surface area contributed by atoms with E-state index in [0.29, 0.717) is 22.3 Å². The number of hydrogen-bond donors (Lipinski definition) is 0. The minimum atomic E-state index is 0.554. The van der Waals surface area contributed by atoms with Crippen molar-refractivity contribution < 1.29 is 0 Å². The molecule has 0 spiro atoms. The maximum absolute atomic E-state index is 9.68. The van der Waals surface area contributed by atoms with Crippen molar-refractivity contribution in [2.24, 2.45) is 0 Å². The number of aromatic nitrogens is 1. The average Bonchev–Trinajstić information content (AvgIpc) is 3.75. The van der Waals surface area contributed by atoms with Crippen LogP contribution in [0.15, 0.2) is 231 Å². The summed E-state index contributed by atoms with van der Waals surface area (Å²) in [5.74, 6) is 0. The van der Waals surface area contributed by atoms with Gasteiger partial charge in [0.1, 0.15) is 0 Å². The van der Waals surface area contributed by atoms with Crippen LogP contribution in [0.1, 0.15) is 22.3 Å².